The Morgan fingerprint density at radius 2 is 2.40 bits per heavy atom. The van der Waals surface area contributed by atoms with Crippen LogP contribution in [0.4, 0.5) is 0 Å². The van der Waals surface area contributed by atoms with E-state index in [1.807, 2.05) is 7.05 Å². The van der Waals surface area contributed by atoms with Crippen LogP contribution >= 0.6 is 0 Å². The monoisotopic (exact) mass is 212 g/mol. The lowest BCUT2D eigenvalue weighted by Crippen LogP contribution is -2.26. The Morgan fingerprint density at radius 1 is 1.53 bits per heavy atom. The number of nitrogens with zero attached hydrogens (tertiary/aromatic N) is 2. The van der Waals surface area contributed by atoms with E-state index in [1.165, 1.54) is 6.33 Å². The van der Waals surface area contributed by atoms with E-state index in [9.17, 15) is 4.79 Å². The summed E-state index contributed by atoms with van der Waals surface area (Å²) in [6.07, 6.45) is 3.33. The molecule has 0 fully saturated rings. The third kappa shape index (κ3) is 5.11. The summed E-state index contributed by atoms with van der Waals surface area (Å²) in [7, 11) is 1.87. The summed E-state index contributed by atoms with van der Waals surface area (Å²) >= 11 is 0. The molecule has 0 aliphatic rings. The third-order valence-corrected chi connectivity index (χ3v) is 1.90. The van der Waals surface area contributed by atoms with Gasteiger partial charge in [-0.2, -0.15) is 4.98 Å². The van der Waals surface area contributed by atoms with Crippen molar-refractivity contribution in [2.45, 2.75) is 19.3 Å². The van der Waals surface area contributed by atoms with E-state index < -0.39 is 0 Å². The van der Waals surface area contributed by atoms with E-state index in [1.54, 1.807) is 0 Å². The Balaban J connectivity index is 2.02. The van der Waals surface area contributed by atoms with Crippen molar-refractivity contribution in [3.8, 4) is 0 Å². The minimum absolute atomic E-state index is 0.0600. The summed E-state index contributed by atoms with van der Waals surface area (Å²) in [6, 6.07) is 0. The van der Waals surface area contributed by atoms with Crippen LogP contribution in [-0.2, 0) is 11.2 Å². The van der Waals surface area contributed by atoms with Gasteiger partial charge in [0.25, 0.3) is 0 Å². The van der Waals surface area contributed by atoms with Gasteiger partial charge in [-0.1, -0.05) is 5.16 Å². The van der Waals surface area contributed by atoms with E-state index in [2.05, 4.69) is 20.8 Å². The summed E-state index contributed by atoms with van der Waals surface area (Å²) in [4.78, 5) is 15.1. The van der Waals surface area contributed by atoms with E-state index >= 15 is 0 Å². The van der Waals surface area contributed by atoms with Gasteiger partial charge >= 0.3 is 0 Å². The second-order valence-electron chi connectivity index (χ2n) is 3.14. The Bertz CT molecular complexity index is 274. The van der Waals surface area contributed by atoms with Crippen molar-refractivity contribution in [3.63, 3.8) is 0 Å². The minimum atomic E-state index is 0.0600. The first-order chi connectivity index (χ1) is 7.33. The maximum Gasteiger partial charge on any atom is 0.228 e. The first kappa shape index (κ1) is 11.6. The molecule has 1 aromatic rings. The van der Waals surface area contributed by atoms with Crippen LogP contribution in [0.5, 0.6) is 0 Å². The number of hydrogen-bond donors (Lipinski definition) is 2. The topological polar surface area (TPSA) is 80.0 Å². The molecular formula is C9H16N4O2. The van der Waals surface area contributed by atoms with Crippen LogP contribution in [0.2, 0.25) is 0 Å². The minimum Gasteiger partial charge on any atom is -0.356 e. The van der Waals surface area contributed by atoms with Crippen molar-refractivity contribution >= 4 is 5.91 Å². The molecule has 1 aromatic heterocycles. The van der Waals surface area contributed by atoms with Crippen LogP contribution in [0.1, 0.15) is 18.7 Å². The highest BCUT2D eigenvalue weighted by atomic mass is 16.5. The van der Waals surface area contributed by atoms with E-state index in [-0.39, 0.29) is 5.91 Å². The molecule has 6 nitrogen and oxygen atoms in total. The highest BCUT2D eigenvalue weighted by molar-refractivity contribution is 5.75. The van der Waals surface area contributed by atoms with Crippen LogP contribution in [-0.4, -0.2) is 36.2 Å². The predicted molar refractivity (Wildman–Crippen MR) is 54.2 cm³/mol. The molecule has 0 radical (unpaired) electrons. The first-order valence-corrected chi connectivity index (χ1v) is 5.00. The molecule has 0 atom stereocenters. The zero-order valence-corrected chi connectivity index (χ0v) is 8.82. The van der Waals surface area contributed by atoms with Crippen molar-refractivity contribution < 1.29 is 9.32 Å². The quantitative estimate of drug-likeness (QED) is 0.608. The van der Waals surface area contributed by atoms with Gasteiger partial charge in [-0.3, -0.25) is 4.79 Å². The zero-order chi connectivity index (χ0) is 10.9. The average molecular weight is 212 g/mol. The van der Waals surface area contributed by atoms with Gasteiger partial charge in [-0.05, 0) is 20.0 Å². The summed E-state index contributed by atoms with van der Waals surface area (Å²) in [6.45, 7) is 1.40. The number of carbonyl (C=O) groups is 1. The summed E-state index contributed by atoms with van der Waals surface area (Å²) in [5.74, 6) is 0.607. The maximum atomic E-state index is 11.2. The molecule has 6 heteroatoms. The SMILES string of the molecule is CNCCCC(=O)NCCc1ncno1. The zero-order valence-electron chi connectivity index (χ0n) is 8.82. The number of rotatable bonds is 7. The predicted octanol–water partition coefficient (Wildman–Crippen LogP) is -0.272. The fourth-order valence-electron chi connectivity index (χ4n) is 1.13. The number of aromatic nitrogens is 2. The van der Waals surface area contributed by atoms with Crippen molar-refractivity contribution in [2.24, 2.45) is 0 Å². The molecule has 2 N–H and O–H groups in total. The number of amides is 1. The maximum absolute atomic E-state index is 11.2. The van der Waals surface area contributed by atoms with Gasteiger partial charge in [0.1, 0.15) is 0 Å². The number of carbonyl (C=O) groups excluding carboxylic acids is 1. The average Bonchev–Trinajstić information content (AvgIpc) is 2.71. The Kier molecular flexibility index (Phi) is 5.39. The summed E-state index contributed by atoms with van der Waals surface area (Å²) in [5.41, 5.74) is 0. The lowest BCUT2D eigenvalue weighted by Gasteiger charge is -2.02. The molecule has 1 amide bonds. The fourth-order valence-corrected chi connectivity index (χ4v) is 1.13. The van der Waals surface area contributed by atoms with Gasteiger partial charge in [0.15, 0.2) is 6.33 Å². The number of nitrogens with one attached hydrogen (secondary N) is 2. The normalized spacial score (nSPS) is 10.2. The van der Waals surface area contributed by atoms with Gasteiger partial charge in [0, 0.05) is 19.4 Å². The van der Waals surface area contributed by atoms with Crippen molar-refractivity contribution in [1.82, 2.24) is 20.8 Å². The highest BCUT2D eigenvalue weighted by Crippen LogP contribution is 1.91. The molecule has 0 saturated heterocycles. The molecule has 15 heavy (non-hydrogen) atoms. The molecule has 1 heterocycles. The molecule has 0 aliphatic carbocycles. The van der Waals surface area contributed by atoms with Gasteiger partial charge < -0.3 is 15.2 Å². The molecule has 0 unspecified atom stereocenters. The van der Waals surface area contributed by atoms with Crippen LogP contribution in [0.3, 0.4) is 0 Å². The first-order valence-electron chi connectivity index (χ1n) is 5.00. The fraction of sp³-hybridized carbons (Fsp3) is 0.667. The van der Waals surface area contributed by atoms with Gasteiger partial charge in [0.2, 0.25) is 11.8 Å². The van der Waals surface area contributed by atoms with Crippen LogP contribution in [0.15, 0.2) is 10.9 Å². The molecule has 0 aliphatic heterocycles. The van der Waals surface area contributed by atoms with Crippen molar-refractivity contribution in [3.05, 3.63) is 12.2 Å². The Morgan fingerprint density at radius 3 is 3.07 bits per heavy atom. The van der Waals surface area contributed by atoms with Crippen molar-refractivity contribution in [1.29, 1.82) is 0 Å². The highest BCUT2D eigenvalue weighted by Gasteiger charge is 2.02. The second kappa shape index (κ2) is 6.94. The molecular weight excluding hydrogens is 196 g/mol. The van der Waals surface area contributed by atoms with Gasteiger partial charge in [-0.25, -0.2) is 0 Å². The van der Waals surface area contributed by atoms with E-state index in [4.69, 9.17) is 4.52 Å². The lowest BCUT2D eigenvalue weighted by molar-refractivity contribution is -0.121. The third-order valence-electron chi connectivity index (χ3n) is 1.90. The standard InChI is InChI=1S/C9H16N4O2/c1-10-5-2-3-8(14)11-6-4-9-12-7-13-15-9/h7,10H,2-6H2,1H3,(H,11,14). The molecule has 0 aromatic carbocycles. The largest absolute Gasteiger partial charge is 0.356 e. The van der Waals surface area contributed by atoms with Crippen molar-refractivity contribution in [2.75, 3.05) is 20.1 Å². The van der Waals surface area contributed by atoms with Crippen LogP contribution < -0.4 is 10.6 Å². The molecule has 0 spiro atoms. The second-order valence-corrected chi connectivity index (χ2v) is 3.14. The molecule has 84 valence electrons. The smallest absolute Gasteiger partial charge is 0.228 e. The Labute approximate surface area is 88.4 Å². The molecule has 1 rings (SSSR count). The molecule has 0 saturated carbocycles. The van der Waals surface area contributed by atoms with Crippen LogP contribution in [0.25, 0.3) is 0 Å². The van der Waals surface area contributed by atoms with Gasteiger partial charge in [0.05, 0.1) is 0 Å². The Hall–Kier alpha value is -1.43. The number of hydrogen-bond acceptors (Lipinski definition) is 5. The van der Waals surface area contributed by atoms with E-state index in [0.29, 0.717) is 25.3 Å². The van der Waals surface area contributed by atoms with E-state index in [0.717, 1.165) is 13.0 Å². The summed E-state index contributed by atoms with van der Waals surface area (Å²) < 4.78 is 4.79. The van der Waals surface area contributed by atoms with Crippen LogP contribution in [0, 0.1) is 0 Å². The summed E-state index contributed by atoms with van der Waals surface area (Å²) in [5, 5.41) is 9.25. The van der Waals surface area contributed by atoms with Gasteiger partial charge in [-0.15, -0.1) is 0 Å². The molecule has 0 bridgehead atoms. The lowest BCUT2D eigenvalue weighted by atomic mass is 10.3.